The molecule has 162 valence electrons. The van der Waals surface area contributed by atoms with Crippen molar-refractivity contribution >= 4 is 23.8 Å². The average molecular weight is 426 g/mol. The number of benzene rings is 2. The SMILES string of the molecule is COc1cc(OC)cc(C(=O)NNC(=O)CN2C(=O)N[C@@](C)(c3ccccc3)C2=O)c1. The summed E-state index contributed by atoms with van der Waals surface area (Å²) >= 11 is 0. The maximum atomic E-state index is 12.8. The molecule has 2 aromatic carbocycles. The van der Waals surface area contributed by atoms with E-state index in [9.17, 15) is 19.2 Å². The van der Waals surface area contributed by atoms with Crippen LogP contribution in [0.5, 0.6) is 11.5 Å². The zero-order valence-corrected chi connectivity index (χ0v) is 17.2. The fourth-order valence-electron chi connectivity index (χ4n) is 3.13. The van der Waals surface area contributed by atoms with Gasteiger partial charge in [0.25, 0.3) is 17.7 Å². The number of urea groups is 1. The Morgan fingerprint density at radius 3 is 2.19 bits per heavy atom. The minimum atomic E-state index is -1.28. The Labute approximate surface area is 178 Å². The van der Waals surface area contributed by atoms with Gasteiger partial charge in [0, 0.05) is 11.6 Å². The van der Waals surface area contributed by atoms with Gasteiger partial charge in [0.15, 0.2) is 0 Å². The van der Waals surface area contributed by atoms with Crippen molar-refractivity contribution in [2.24, 2.45) is 0 Å². The lowest BCUT2D eigenvalue weighted by Gasteiger charge is -2.22. The highest BCUT2D eigenvalue weighted by atomic mass is 16.5. The summed E-state index contributed by atoms with van der Waals surface area (Å²) in [6.07, 6.45) is 0. The van der Waals surface area contributed by atoms with Gasteiger partial charge in [-0.15, -0.1) is 0 Å². The van der Waals surface area contributed by atoms with Crippen molar-refractivity contribution in [1.82, 2.24) is 21.1 Å². The summed E-state index contributed by atoms with van der Waals surface area (Å²) in [5.41, 5.74) is 3.93. The number of nitrogens with one attached hydrogen (secondary N) is 3. The summed E-state index contributed by atoms with van der Waals surface area (Å²) in [4.78, 5) is 50.5. The van der Waals surface area contributed by atoms with Gasteiger partial charge in [0.05, 0.1) is 14.2 Å². The van der Waals surface area contributed by atoms with Gasteiger partial charge in [-0.1, -0.05) is 30.3 Å². The van der Waals surface area contributed by atoms with Crippen molar-refractivity contribution in [2.75, 3.05) is 20.8 Å². The Hall–Kier alpha value is -4.08. The molecule has 10 nitrogen and oxygen atoms in total. The van der Waals surface area contributed by atoms with E-state index in [1.165, 1.54) is 26.4 Å². The number of hydrogen-bond donors (Lipinski definition) is 3. The first-order valence-electron chi connectivity index (χ1n) is 9.30. The molecule has 3 rings (SSSR count). The van der Waals surface area contributed by atoms with Gasteiger partial charge < -0.3 is 14.8 Å². The second kappa shape index (κ2) is 8.74. The smallest absolute Gasteiger partial charge is 0.325 e. The molecule has 1 fully saturated rings. The molecule has 0 saturated carbocycles. The van der Waals surface area contributed by atoms with Crippen LogP contribution in [0.2, 0.25) is 0 Å². The molecular weight excluding hydrogens is 404 g/mol. The highest BCUT2D eigenvalue weighted by Crippen LogP contribution is 2.28. The molecule has 1 heterocycles. The quantitative estimate of drug-likeness (QED) is 0.466. The van der Waals surface area contributed by atoms with Gasteiger partial charge in [-0.3, -0.25) is 30.1 Å². The standard InChI is InChI=1S/C21H22N4O6/c1-21(14-7-5-4-6-8-14)19(28)25(20(29)22-21)12-17(26)23-24-18(27)13-9-15(30-2)11-16(10-13)31-3/h4-11H,12H2,1-3H3,(H,22,29)(H,23,26)(H,24,27)/t21-/m0/s1. The summed E-state index contributed by atoms with van der Waals surface area (Å²) in [5, 5.41) is 2.61. The van der Waals surface area contributed by atoms with Crippen LogP contribution in [0.15, 0.2) is 48.5 Å². The van der Waals surface area contributed by atoms with E-state index in [1.807, 2.05) is 0 Å². The van der Waals surface area contributed by atoms with Gasteiger partial charge in [0.1, 0.15) is 23.6 Å². The fourth-order valence-corrected chi connectivity index (χ4v) is 3.13. The number of methoxy groups -OCH3 is 2. The molecular formula is C21H22N4O6. The van der Waals surface area contributed by atoms with Crippen molar-refractivity contribution in [3.05, 3.63) is 59.7 Å². The summed E-state index contributed by atoms with van der Waals surface area (Å²) in [7, 11) is 2.89. The van der Waals surface area contributed by atoms with Crippen LogP contribution in [-0.2, 0) is 15.1 Å². The van der Waals surface area contributed by atoms with Gasteiger partial charge in [-0.2, -0.15) is 0 Å². The molecule has 1 aliphatic rings. The molecule has 2 aromatic rings. The van der Waals surface area contributed by atoms with Crippen molar-refractivity contribution in [3.63, 3.8) is 0 Å². The maximum Gasteiger partial charge on any atom is 0.325 e. The van der Waals surface area contributed by atoms with Gasteiger partial charge in [-0.05, 0) is 24.6 Å². The van der Waals surface area contributed by atoms with Gasteiger partial charge >= 0.3 is 6.03 Å². The summed E-state index contributed by atoms with van der Waals surface area (Å²) in [5.74, 6) is -1.14. The lowest BCUT2D eigenvalue weighted by Crippen LogP contribution is -2.48. The Kier molecular flexibility index (Phi) is 6.10. The van der Waals surface area contributed by atoms with E-state index in [0.29, 0.717) is 17.1 Å². The molecule has 1 aliphatic heterocycles. The van der Waals surface area contributed by atoms with E-state index in [2.05, 4.69) is 16.2 Å². The normalized spacial score (nSPS) is 17.7. The maximum absolute atomic E-state index is 12.8. The van der Waals surface area contributed by atoms with E-state index in [0.717, 1.165) is 4.90 Å². The predicted octanol–water partition coefficient (Wildman–Crippen LogP) is 0.932. The number of amides is 5. The topological polar surface area (TPSA) is 126 Å². The zero-order chi connectivity index (χ0) is 22.6. The number of nitrogens with zero attached hydrogens (tertiary/aromatic N) is 1. The fraction of sp³-hybridized carbons (Fsp3) is 0.238. The molecule has 3 N–H and O–H groups in total. The van der Waals surface area contributed by atoms with E-state index in [-0.39, 0.29) is 5.56 Å². The Balaban J connectivity index is 1.63. The van der Waals surface area contributed by atoms with Crippen LogP contribution in [0, 0.1) is 0 Å². The van der Waals surface area contributed by atoms with Crippen LogP contribution < -0.4 is 25.6 Å². The number of ether oxygens (including phenoxy) is 2. The number of rotatable bonds is 6. The second-order valence-electron chi connectivity index (χ2n) is 6.92. The Morgan fingerprint density at radius 2 is 1.61 bits per heavy atom. The molecule has 31 heavy (non-hydrogen) atoms. The minimum absolute atomic E-state index is 0.183. The zero-order valence-electron chi connectivity index (χ0n) is 17.2. The molecule has 1 atom stereocenters. The number of hydrogen-bond acceptors (Lipinski definition) is 6. The van der Waals surface area contributed by atoms with Crippen LogP contribution in [-0.4, -0.2) is 49.4 Å². The molecule has 10 heteroatoms. The minimum Gasteiger partial charge on any atom is -0.497 e. The molecule has 5 amide bonds. The van der Waals surface area contributed by atoms with Crippen LogP contribution in [0.25, 0.3) is 0 Å². The van der Waals surface area contributed by atoms with Crippen molar-refractivity contribution in [2.45, 2.75) is 12.5 Å². The van der Waals surface area contributed by atoms with Gasteiger partial charge in [-0.25, -0.2) is 4.79 Å². The number of carbonyl (C=O) groups excluding carboxylic acids is 4. The Morgan fingerprint density at radius 1 is 1.00 bits per heavy atom. The van der Waals surface area contributed by atoms with Gasteiger partial charge in [0.2, 0.25) is 0 Å². The average Bonchev–Trinajstić information content (AvgIpc) is 3.01. The first kappa shape index (κ1) is 21.6. The monoisotopic (exact) mass is 426 g/mol. The van der Waals surface area contributed by atoms with E-state index in [1.54, 1.807) is 43.3 Å². The number of carbonyl (C=O) groups is 4. The van der Waals surface area contributed by atoms with Crippen LogP contribution in [0.4, 0.5) is 4.79 Å². The molecule has 1 saturated heterocycles. The molecule has 0 radical (unpaired) electrons. The predicted molar refractivity (Wildman–Crippen MR) is 109 cm³/mol. The molecule has 0 bridgehead atoms. The lowest BCUT2D eigenvalue weighted by atomic mass is 9.92. The Bertz CT molecular complexity index is 1000. The molecule has 0 aliphatic carbocycles. The first-order chi connectivity index (χ1) is 14.8. The first-order valence-corrected chi connectivity index (χ1v) is 9.30. The third-order valence-corrected chi connectivity index (χ3v) is 4.86. The molecule has 0 unspecified atom stereocenters. The van der Waals surface area contributed by atoms with Crippen LogP contribution >= 0.6 is 0 Å². The third kappa shape index (κ3) is 4.42. The van der Waals surface area contributed by atoms with E-state index >= 15 is 0 Å². The van der Waals surface area contributed by atoms with Crippen LogP contribution in [0.3, 0.4) is 0 Å². The van der Waals surface area contributed by atoms with Crippen molar-refractivity contribution in [1.29, 1.82) is 0 Å². The van der Waals surface area contributed by atoms with Crippen LogP contribution in [0.1, 0.15) is 22.8 Å². The number of hydrazine groups is 1. The molecule has 0 spiro atoms. The highest BCUT2D eigenvalue weighted by Gasteiger charge is 2.49. The van der Waals surface area contributed by atoms with Crippen molar-refractivity contribution in [3.8, 4) is 11.5 Å². The highest BCUT2D eigenvalue weighted by molar-refractivity contribution is 6.09. The summed E-state index contributed by atoms with van der Waals surface area (Å²) in [6, 6.07) is 12.5. The van der Waals surface area contributed by atoms with E-state index < -0.39 is 35.8 Å². The molecule has 0 aromatic heterocycles. The lowest BCUT2D eigenvalue weighted by molar-refractivity contribution is -0.135. The summed E-state index contributed by atoms with van der Waals surface area (Å²) in [6.45, 7) is 1.01. The number of imide groups is 1. The van der Waals surface area contributed by atoms with E-state index in [4.69, 9.17) is 9.47 Å². The van der Waals surface area contributed by atoms with Crippen molar-refractivity contribution < 1.29 is 28.7 Å². The summed E-state index contributed by atoms with van der Waals surface area (Å²) < 4.78 is 10.2. The largest absolute Gasteiger partial charge is 0.497 e. The second-order valence-corrected chi connectivity index (χ2v) is 6.92. The third-order valence-electron chi connectivity index (χ3n) is 4.86.